The molecule has 7 heteroatoms. The third kappa shape index (κ3) is 5.92. The van der Waals surface area contributed by atoms with E-state index in [0.717, 1.165) is 22.3 Å². The van der Waals surface area contributed by atoms with E-state index < -0.39 is 18.1 Å². The van der Waals surface area contributed by atoms with Gasteiger partial charge in [0.1, 0.15) is 12.6 Å². The highest BCUT2D eigenvalue weighted by atomic mass is 16.5. The molecule has 3 rings (SSSR count). The summed E-state index contributed by atoms with van der Waals surface area (Å²) in [5.74, 6) is -1.23. The molecule has 0 radical (unpaired) electrons. The van der Waals surface area contributed by atoms with Crippen molar-refractivity contribution >= 4 is 18.0 Å². The van der Waals surface area contributed by atoms with Crippen LogP contribution in [0.2, 0.25) is 0 Å². The van der Waals surface area contributed by atoms with Crippen LogP contribution in [0.15, 0.2) is 48.5 Å². The number of amides is 2. The summed E-state index contributed by atoms with van der Waals surface area (Å²) >= 11 is 0. The van der Waals surface area contributed by atoms with Gasteiger partial charge < -0.3 is 20.1 Å². The van der Waals surface area contributed by atoms with Crippen molar-refractivity contribution in [3.05, 3.63) is 59.7 Å². The number of unbranched alkanes of at least 4 members (excludes halogenated alkanes) is 1. The van der Waals surface area contributed by atoms with Crippen LogP contribution in [0.4, 0.5) is 4.79 Å². The Kier molecular flexibility index (Phi) is 8.09. The molecule has 0 spiro atoms. The van der Waals surface area contributed by atoms with Gasteiger partial charge in [-0.25, -0.2) is 4.79 Å². The Morgan fingerprint density at radius 2 is 1.58 bits per heavy atom. The molecule has 1 aliphatic rings. The van der Waals surface area contributed by atoms with E-state index in [-0.39, 0.29) is 30.8 Å². The largest absolute Gasteiger partial charge is 0.481 e. The number of carbonyl (C=O) groups excluding carboxylic acids is 2. The second kappa shape index (κ2) is 11.0. The molecule has 2 amide bonds. The van der Waals surface area contributed by atoms with Gasteiger partial charge in [0.15, 0.2) is 0 Å². The van der Waals surface area contributed by atoms with Crippen LogP contribution in [0.25, 0.3) is 11.1 Å². The van der Waals surface area contributed by atoms with Crippen molar-refractivity contribution in [2.45, 2.75) is 45.1 Å². The molecule has 0 heterocycles. The molecule has 1 unspecified atom stereocenters. The van der Waals surface area contributed by atoms with Crippen molar-refractivity contribution < 1.29 is 24.2 Å². The number of carboxylic acid groups (broad SMARTS) is 1. The van der Waals surface area contributed by atoms with E-state index in [9.17, 15) is 14.4 Å². The maximum Gasteiger partial charge on any atom is 0.407 e. The van der Waals surface area contributed by atoms with Crippen LogP contribution in [0.5, 0.6) is 0 Å². The summed E-state index contributed by atoms with van der Waals surface area (Å²) in [6.07, 6.45) is 0.542. The van der Waals surface area contributed by atoms with E-state index in [0.29, 0.717) is 19.4 Å². The van der Waals surface area contributed by atoms with Crippen LogP contribution in [0, 0.1) is 5.92 Å². The fourth-order valence-electron chi connectivity index (χ4n) is 4.25. The molecule has 0 fully saturated rings. The number of carboxylic acids is 1. The first kappa shape index (κ1) is 24.3. The van der Waals surface area contributed by atoms with Gasteiger partial charge in [-0.1, -0.05) is 62.4 Å². The number of hydrogen-bond acceptors (Lipinski definition) is 4. The molecule has 1 aliphatic carbocycles. The number of ether oxygens (including phenoxy) is 1. The van der Waals surface area contributed by atoms with E-state index in [1.807, 2.05) is 38.1 Å². The molecule has 176 valence electrons. The van der Waals surface area contributed by atoms with Crippen LogP contribution in [0.3, 0.4) is 0 Å². The maximum absolute atomic E-state index is 12.9. The number of benzene rings is 2. The number of nitrogens with zero attached hydrogens (tertiary/aromatic N) is 1. The second-order valence-corrected chi connectivity index (χ2v) is 8.80. The van der Waals surface area contributed by atoms with Crippen LogP contribution in [-0.4, -0.2) is 54.2 Å². The summed E-state index contributed by atoms with van der Waals surface area (Å²) in [5, 5.41) is 11.5. The molecule has 1 atom stereocenters. The second-order valence-electron chi connectivity index (χ2n) is 8.80. The fourth-order valence-corrected chi connectivity index (χ4v) is 4.25. The number of fused-ring (bicyclic) bond motifs is 3. The van der Waals surface area contributed by atoms with Gasteiger partial charge in [0.25, 0.3) is 0 Å². The maximum atomic E-state index is 12.9. The first-order valence-corrected chi connectivity index (χ1v) is 11.4. The van der Waals surface area contributed by atoms with Gasteiger partial charge in [0, 0.05) is 25.9 Å². The lowest BCUT2D eigenvalue weighted by molar-refractivity contribution is -0.137. The minimum absolute atomic E-state index is 0.0479. The summed E-state index contributed by atoms with van der Waals surface area (Å²) in [6.45, 7) is 4.35. The number of hydrogen-bond donors (Lipinski definition) is 2. The molecule has 33 heavy (non-hydrogen) atoms. The SMILES string of the molecule is CC(C)C(NC(=O)OCC1c2ccccc2-c2ccccc21)C(=O)N(C)CCCCC(=O)O. The molecule has 2 aromatic rings. The molecular formula is C26H32N2O5. The predicted octanol–water partition coefficient (Wildman–Crippen LogP) is 4.26. The summed E-state index contributed by atoms with van der Waals surface area (Å²) in [6, 6.07) is 15.5. The third-order valence-corrected chi connectivity index (χ3v) is 6.06. The van der Waals surface area contributed by atoms with Gasteiger partial charge in [-0.05, 0) is 41.0 Å². The van der Waals surface area contributed by atoms with Crippen molar-refractivity contribution in [1.82, 2.24) is 10.2 Å². The van der Waals surface area contributed by atoms with Gasteiger partial charge in [-0.3, -0.25) is 9.59 Å². The Morgan fingerprint density at radius 3 is 2.12 bits per heavy atom. The highest BCUT2D eigenvalue weighted by molar-refractivity contribution is 5.86. The number of aliphatic carboxylic acids is 1. The number of alkyl carbamates (subject to hydrolysis) is 1. The van der Waals surface area contributed by atoms with Crippen molar-refractivity contribution in [2.75, 3.05) is 20.2 Å². The molecule has 7 nitrogen and oxygen atoms in total. The molecule has 0 bridgehead atoms. The van der Waals surface area contributed by atoms with E-state index in [4.69, 9.17) is 9.84 Å². The zero-order valence-corrected chi connectivity index (χ0v) is 19.4. The Morgan fingerprint density at radius 1 is 1.00 bits per heavy atom. The smallest absolute Gasteiger partial charge is 0.407 e. The first-order valence-electron chi connectivity index (χ1n) is 11.4. The Bertz CT molecular complexity index is 958. The van der Waals surface area contributed by atoms with Crippen molar-refractivity contribution in [1.29, 1.82) is 0 Å². The minimum atomic E-state index is -0.846. The molecule has 0 aliphatic heterocycles. The standard InChI is InChI=1S/C26H32N2O5/c1-17(2)24(25(31)28(3)15-9-8-14-23(29)30)27-26(32)33-16-22-20-12-6-4-10-18(20)19-11-5-7-13-21(19)22/h4-7,10-13,17,22,24H,8-9,14-16H2,1-3H3,(H,27,32)(H,29,30). The third-order valence-electron chi connectivity index (χ3n) is 6.06. The minimum Gasteiger partial charge on any atom is -0.481 e. The van der Waals surface area contributed by atoms with Crippen LogP contribution in [0.1, 0.15) is 50.2 Å². The summed E-state index contributed by atoms with van der Waals surface area (Å²) < 4.78 is 5.59. The monoisotopic (exact) mass is 452 g/mol. The number of likely N-dealkylation sites (N-methyl/N-ethyl adjacent to an activating group) is 1. The van der Waals surface area contributed by atoms with Gasteiger partial charge in [0.05, 0.1) is 0 Å². The first-order chi connectivity index (χ1) is 15.8. The Labute approximate surface area is 194 Å². The van der Waals surface area contributed by atoms with Crippen molar-refractivity contribution in [3.63, 3.8) is 0 Å². The van der Waals surface area contributed by atoms with Gasteiger partial charge in [-0.2, -0.15) is 0 Å². The normalized spacial score (nSPS) is 13.2. The van der Waals surface area contributed by atoms with Crippen LogP contribution >= 0.6 is 0 Å². The molecule has 0 saturated carbocycles. The predicted molar refractivity (Wildman–Crippen MR) is 126 cm³/mol. The summed E-state index contributed by atoms with van der Waals surface area (Å²) in [5.41, 5.74) is 4.57. The number of rotatable bonds is 10. The molecule has 0 aromatic heterocycles. The lowest BCUT2D eigenvalue weighted by Crippen LogP contribution is -2.50. The van der Waals surface area contributed by atoms with Crippen LogP contribution in [-0.2, 0) is 14.3 Å². The molecule has 0 saturated heterocycles. The highest BCUT2D eigenvalue weighted by Crippen LogP contribution is 2.44. The van der Waals surface area contributed by atoms with Crippen molar-refractivity contribution in [3.8, 4) is 11.1 Å². The zero-order valence-electron chi connectivity index (χ0n) is 19.4. The highest BCUT2D eigenvalue weighted by Gasteiger charge is 2.31. The Hall–Kier alpha value is -3.35. The van der Waals surface area contributed by atoms with Crippen LogP contribution < -0.4 is 5.32 Å². The van der Waals surface area contributed by atoms with Gasteiger partial charge >= 0.3 is 12.1 Å². The molecule has 2 N–H and O–H groups in total. The van der Waals surface area contributed by atoms with E-state index in [1.165, 1.54) is 4.90 Å². The molecule has 2 aromatic carbocycles. The lowest BCUT2D eigenvalue weighted by Gasteiger charge is -2.27. The average Bonchev–Trinajstić information content (AvgIpc) is 3.11. The van der Waals surface area contributed by atoms with Crippen molar-refractivity contribution in [2.24, 2.45) is 5.92 Å². The molecular weight excluding hydrogens is 420 g/mol. The lowest BCUT2D eigenvalue weighted by atomic mass is 9.98. The Balaban J connectivity index is 1.58. The summed E-state index contributed by atoms with van der Waals surface area (Å²) in [7, 11) is 1.66. The summed E-state index contributed by atoms with van der Waals surface area (Å²) in [4.78, 5) is 37.7. The van der Waals surface area contributed by atoms with E-state index in [2.05, 4.69) is 29.6 Å². The quantitative estimate of drug-likeness (QED) is 0.525. The van der Waals surface area contributed by atoms with E-state index in [1.54, 1.807) is 7.05 Å². The van der Waals surface area contributed by atoms with Gasteiger partial charge in [0.2, 0.25) is 5.91 Å². The average molecular weight is 453 g/mol. The topological polar surface area (TPSA) is 95.9 Å². The number of carbonyl (C=O) groups is 3. The van der Waals surface area contributed by atoms with Gasteiger partial charge in [-0.15, -0.1) is 0 Å². The van der Waals surface area contributed by atoms with E-state index >= 15 is 0 Å². The zero-order chi connectivity index (χ0) is 24.0. The fraction of sp³-hybridized carbons (Fsp3) is 0.423. The number of nitrogens with one attached hydrogen (secondary N) is 1.